The molecule has 0 heterocycles. The van der Waals surface area contributed by atoms with Crippen molar-refractivity contribution in [2.75, 3.05) is 13.7 Å². The molecule has 1 amide bonds. The molecule has 0 unspecified atom stereocenters. The SMILES string of the molecule is C=CCOc1ccc(Br)cc1C(=O)N/N=C\c1cc(Br)ccc1OC. The molecule has 2 aromatic rings. The Hall–Kier alpha value is -2.12. The van der Waals surface area contributed by atoms with E-state index in [0.29, 0.717) is 23.7 Å². The molecule has 0 fully saturated rings. The van der Waals surface area contributed by atoms with Crippen LogP contribution in [0.3, 0.4) is 0 Å². The molecule has 2 aromatic carbocycles. The predicted octanol–water partition coefficient (Wildman–Crippen LogP) is 4.55. The Kier molecular flexibility index (Phi) is 7.21. The Balaban J connectivity index is 2.16. The predicted molar refractivity (Wildman–Crippen MR) is 106 cm³/mol. The lowest BCUT2D eigenvalue weighted by molar-refractivity contribution is 0.0951. The van der Waals surface area contributed by atoms with Crippen molar-refractivity contribution in [1.29, 1.82) is 0 Å². The fourth-order valence-electron chi connectivity index (χ4n) is 1.98. The van der Waals surface area contributed by atoms with E-state index in [2.05, 4.69) is 49.0 Å². The number of benzene rings is 2. The van der Waals surface area contributed by atoms with Gasteiger partial charge in [-0.1, -0.05) is 44.5 Å². The van der Waals surface area contributed by atoms with Gasteiger partial charge in [-0.15, -0.1) is 0 Å². The Morgan fingerprint density at radius 2 is 1.88 bits per heavy atom. The summed E-state index contributed by atoms with van der Waals surface area (Å²) in [5.41, 5.74) is 3.60. The van der Waals surface area contributed by atoms with Crippen LogP contribution in [0.25, 0.3) is 0 Å². The Morgan fingerprint density at radius 1 is 1.20 bits per heavy atom. The lowest BCUT2D eigenvalue weighted by Crippen LogP contribution is -2.19. The molecule has 2 rings (SSSR count). The topological polar surface area (TPSA) is 59.9 Å². The van der Waals surface area contributed by atoms with Gasteiger partial charge in [0.15, 0.2) is 0 Å². The van der Waals surface area contributed by atoms with Crippen LogP contribution in [0.2, 0.25) is 0 Å². The number of hydrazone groups is 1. The molecule has 7 heteroatoms. The number of ether oxygens (including phenoxy) is 2. The highest BCUT2D eigenvalue weighted by atomic mass is 79.9. The molecule has 0 radical (unpaired) electrons. The highest BCUT2D eigenvalue weighted by Gasteiger charge is 2.12. The van der Waals surface area contributed by atoms with Crippen LogP contribution in [0.5, 0.6) is 11.5 Å². The molecule has 0 atom stereocenters. The molecule has 0 aliphatic heterocycles. The lowest BCUT2D eigenvalue weighted by Gasteiger charge is -2.09. The largest absolute Gasteiger partial charge is 0.496 e. The van der Waals surface area contributed by atoms with Crippen LogP contribution in [-0.4, -0.2) is 25.8 Å². The zero-order chi connectivity index (χ0) is 18.2. The van der Waals surface area contributed by atoms with E-state index in [0.717, 1.165) is 14.5 Å². The van der Waals surface area contributed by atoms with Gasteiger partial charge in [0.2, 0.25) is 0 Å². The average Bonchev–Trinajstić information content (AvgIpc) is 2.60. The van der Waals surface area contributed by atoms with Crippen LogP contribution in [-0.2, 0) is 0 Å². The summed E-state index contributed by atoms with van der Waals surface area (Å²) in [6.07, 6.45) is 3.13. The summed E-state index contributed by atoms with van der Waals surface area (Å²) in [7, 11) is 1.57. The fourth-order valence-corrected chi connectivity index (χ4v) is 2.72. The third-order valence-electron chi connectivity index (χ3n) is 3.10. The smallest absolute Gasteiger partial charge is 0.275 e. The summed E-state index contributed by atoms with van der Waals surface area (Å²) in [6, 6.07) is 10.7. The first-order valence-electron chi connectivity index (χ1n) is 7.25. The Bertz CT molecular complexity index is 807. The normalized spacial score (nSPS) is 10.5. The zero-order valence-corrected chi connectivity index (χ0v) is 16.6. The molecular weight excluding hydrogens is 452 g/mol. The second-order valence-corrected chi connectivity index (χ2v) is 6.66. The first kappa shape index (κ1) is 19.2. The molecule has 5 nitrogen and oxygen atoms in total. The fraction of sp³-hybridized carbons (Fsp3) is 0.111. The summed E-state index contributed by atoms with van der Waals surface area (Å²) in [6.45, 7) is 3.91. The second kappa shape index (κ2) is 9.39. The number of halogens is 2. The summed E-state index contributed by atoms with van der Waals surface area (Å²) in [4.78, 5) is 12.4. The van der Waals surface area contributed by atoms with E-state index < -0.39 is 0 Å². The molecule has 0 saturated heterocycles. The molecule has 25 heavy (non-hydrogen) atoms. The minimum atomic E-state index is -0.384. The molecule has 130 valence electrons. The van der Waals surface area contributed by atoms with E-state index in [1.165, 1.54) is 6.21 Å². The molecule has 0 spiro atoms. The van der Waals surface area contributed by atoms with Crippen molar-refractivity contribution >= 4 is 44.0 Å². The van der Waals surface area contributed by atoms with Gasteiger partial charge in [-0.05, 0) is 36.4 Å². The summed E-state index contributed by atoms with van der Waals surface area (Å²) >= 11 is 6.74. The van der Waals surface area contributed by atoms with Crippen molar-refractivity contribution in [2.45, 2.75) is 0 Å². The van der Waals surface area contributed by atoms with Crippen molar-refractivity contribution in [3.8, 4) is 11.5 Å². The highest BCUT2D eigenvalue weighted by molar-refractivity contribution is 9.10. The van der Waals surface area contributed by atoms with Crippen LogP contribution >= 0.6 is 31.9 Å². The maximum atomic E-state index is 12.4. The summed E-state index contributed by atoms with van der Waals surface area (Å²) < 4.78 is 12.4. The van der Waals surface area contributed by atoms with Crippen LogP contribution in [0.1, 0.15) is 15.9 Å². The average molecular weight is 468 g/mol. The molecule has 0 bridgehead atoms. The Morgan fingerprint density at radius 3 is 2.56 bits per heavy atom. The van der Waals surface area contributed by atoms with Gasteiger partial charge in [0, 0.05) is 14.5 Å². The van der Waals surface area contributed by atoms with Crippen LogP contribution in [0, 0.1) is 0 Å². The first-order chi connectivity index (χ1) is 12.0. The van der Waals surface area contributed by atoms with Crippen molar-refractivity contribution in [2.24, 2.45) is 5.10 Å². The summed E-state index contributed by atoms with van der Waals surface area (Å²) in [5.74, 6) is 0.722. The number of carbonyl (C=O) groups excluding carboxylic acids is 1. The van der Waals surface area contributed by atoms with Gasteiger partial charge in [0.25, 0.3) is 5.91 Å². The van der Waals surface area contributed by atoms with E-state index in [1.54, 1.807) is 31.4 Å². The monoisotopic (exact) mass is 466 g/mol. The van der Waals surface area contributed by atoms with Gasteiger partial charge < -0.3 is 9.47 Å². The van der Waals surface area contributed by atoms with E-state index in [4.69, 9.17) is 9.47 Å². The zero-order valence-electron chi connectivity index (χ0n) is 13.5. The number of hydrogen-bond acceptors (Lipinski definition) is 4. The molecule has 0 aliphatic carbocycles. The van der Waals surface area contributed by atoms with Crippen molar-refractivity contribution in [3.05, 3.63) is 69.1 Å². The number of methoxy groups -OCH3 is 1. The van der Waals surface area contributed by atoms with Gasteiger partial charge >= 0.3 is 0 Å². The van der Waals surface area contributed by atoms with Crippen molar-refractivity contribution < 1.29 is 14.3 Å². The third-order valence-corrected chi connectivity index (χ3v) is 4.09. The van der Waals surface area contributed by atoms with E-state index in [1.807, 2.05) is 18.2 Å². The van der Waals surface area contributed by atoms with Crippen LogP contribution in [0.4, 0.5) is 0 Å². The van der Waals surface area contributed by atoms with Crippen LogP contribution < -0.4 is 14.9 Å². The van der Waals surface area contributed by atoms with Crippen LogP contribution in [0.15, 0.2) is 63.1 Å². The molecule has 1 N–H and O–H groups in total. The quantitative estimate of drug-likeness (QED) is 0.369. The number of hydrogen-bond donors (Lipinski definition) is 1. The third kappa shape index (κ3) is 5.44. The number of carbonyl (C=O) groups is 1. The molecule has 0 saturated carbocycles. The first-order valence-corrected chi connectivity index (χ1v) is 8.84. The summed E-state index contributed by atoms with van der Waals surface area (Å²) in [5, 5.41) is 4.00. The minimum absolute atomic E-state index is 0.306. The number of amides is 1. The lowest BCUT2D eigenvalue weighted by atomic mass is 10.2. The standard InChI is InChI=1S/C18H16Br2N2O3/c1-3-8-25-17-7-5-14(20)10-15(17)18(23)22-21-11-12-9-13(19)4-6-16(12)24-2/h3-7,9-11H,1,8H2,2H3,(H,22,23)/b21-11-. The van der Waals surface area contributed by atoms with Gasteiger partial charge in [-0.2, -0.15) is 5.10 Å². The number of nitrogens with zero attached hydrogens (tertiary/aromatic N) is 1. The van der Waals surface area contributed by atoms with Gasteiger partial charge in [0.1, 0.15) is 18.1 Å². The van der Waals surface area contributed by atoms with Gasteiger partial charge in [-0.3, -0.25) is 4.79 Å². The van der Waals surface area contributed by atoms with Crippen molar-refractivity contribution in [1.82, 2.24) is 5.43 Å². The maximum Gasteiger partial charge on any atom is 0.275 e. The second-order valence-electron chi connectivity index (χ2n) is 4.83. The highest BCUT2D eigenvalue weighted by Crippen LogP contribution is 2.24. The molecule has 0 aromatic heterocycles. The van der Waals surface area contributed by atoms with E-state index in [9.17, 15) is 4.79 Å². The minimum Gasteiger partial charge on any atom is -0.496 e. The van der Waals surface area contributed by atoms with Crippen molar-refractivity contribution in [3.63, 3.8) is 0 Å². The molecule has 0 aliphatic rings. The van der Waals surface area contributed by atoms with E-state index in [-0.39, 0.29) is 5.91 Å². The Labute approximate surface area is 163 Å². The maximum absolute atomic E-state index is 12.4. The number of rotatable bonds is 7. The molecular formula is C18H16Br2N2O3. The van der Waals surface area contributed by atoms with Gasteiger partial charge in [0.05, 0.1) is 18.9 Å². The van der Waals surface area contributed by atoms with Gasteiger partial charge in [-0.25, -0.2) is 5.43 Å². The van der Waals surface area contributed by atoms with E-state index >= 15 is 0 Å². The number of nitrogens with one attached hydrogen (secondary N) is 1.